The Bertz CT molecular complexity index is 577. The molecule has 0 atom stereocenters. The van der Waals surface area contributed by atoms with E-state index >= 15 is 0 Å². The van der Waals surface area contributed by atoms with Gasteiger partial charge in [-0.05, 0) is 48.9 Å². The van der Waals surface area contributed by atoms with Crippen LogP contribution >= 0.6 is 11.6 Å². The van der Waals surface area contributed by atoms with Gasteiger partial charge in [-0.2, -0.15) is 0 Å². The lowest BCUT2D eigenvalue weighted by Gasteiger charge is -2.38. The summed E-state index contributed by atoms with van der Waals surface area (Å²) in [6.45, 7) is 4.88. The van der Waals surface area contributed by atoms with Crippen LogP contribution < -0.4 is 0 Å². The number of carbonyl (C=O) groups excluding carboxylic acids is 2. The first-order chi connectivity index (χ1) is 10.5. The van der Waals surface area contributed by atoms with Crippen molar-refractivity contribution in [3.8, 4) is 0 Å². The van der Waals surface area contributed by atoms with Crippen LogP contribution in [-0.2, 0) is 4.79 Å². The van der Waals surface area contributed by atoms with E-state index in [-0.39, 0.29) is 17.2 Å². The first-order valence-corrected chi connectivity index (χ1v) is 8.17. The maximum Gasteiger partial charge on any atom is 0.253 e. The minimum atomic E-state index is 0.0857. The molecule has 0 saturated carbocycles. The maximum absolute atomic E-state index is 12.6. The first-order valence-electron chi connectivity index (χ1n) is 7.79. The number of benzene rings is 1. The van der Waals surface area contributed by atoms with Crippen molar-refractivity contribution in [2.75, 3.05) is 26.2 Å². The van der Waals surface area contributed by atoms with Crippen molar-refractivity contribution in [2.45, 2.75) is 26.2 Å². The zero-order valence-electron chi connectivity index (χ0n) is 12.8. The van der Waals surface area contributed by atoms with Gasteiger partial charge < -0.3 is 9.80 Å². The smallest absolute Gasteiger partial charge is 0.253 e. The molecule has 2 heterocycles. The largest absolute Gasteiger partial charge is 0.343 e. The molecule has 1 aromatic carbocycles. The number of hydrogen-bond donors (Lipinski definition) is 0. The van der Waals surface area contributed by atoms with Gasteiger partial charge in [0, 0.05) is 43.7 Å². The normalized spacial score (nSPS) is 20.5. The lowest BCUT2D eigenvalue weighted by molar-refractivity contribution is -0.131. The summed E-state index contributed by atoms with van der Waals surface area (Å²) < 4.78 is 0. The molecule has 1 spiro atoms. The van der Waals surface area contributed by atoms with Crippen LogP contribution in [0.5, 0.6) is 0 Å². The standard InChI is InChI=1S/C17H21ClN2O2/c1-13(21)19-9-6-17(7-10-19)8-11-20(12-17)16(22)14-2-4-15(18)5-3-14/h2-5H,6-12H2,1H3. The van der Waals surface area contributed by atoms with Crippen LogP contribution in [0.15, 0.2) is 24.3 Å². The Morgan fingerprint density at radius 2 is 1.55 bits per heavy atom. The molecule has 2 aliphatic rings. The highest BCUT2D eigenvalue weighted by molar-refractivity contribution is 6.30. The molecular weight excluding hydrogens is 300 g/mol. The predicted octanol–water partition coefficient (Wildman–Crippen LogP) is 2.81. The molecule has 0 radical (unpaired) electrons. The minimum Gasteiger partial charge on any atom is -0.343 e. The fraction of sp³-hybridized carbons (Fsp3) is 0.529. The maximum atomic E-state index is 12.6. The van der Waals surface area contributed by atoms with Gasteiger partial charge in [-0.15, -0.1) is 0 Å². The van der Waals surface area contributed by atoms with Gasteiger partial charge in [0.1, 0.15) is 0 Å². The van der Waals surface area contributed by atoms with Gasteiger partial charge in [-0.3, -0.25) is 9.59 Å². The SMILES string of the molecule is CC(=O)N1CCC2(CC1)CCN(C(=O)c1ccc(Cl)cc1)C2. The molecule has 0 aromatic heterocycles. The average molecular weight is 321 g/mol. The highest BCUT2D eigenvalue weighted by atomic mass is 35.5. The van der Waals surface area contributed by atoms with Crippen LogP contribution in [-0.4, -0.2) is 47.8 Å². The number of halogens is 1. The zero-order chi connectivity index (χ0) is 15.7. The topological polar surface area (TPSA) is 40.6 Å². The predicted molar refractivity (Wildman–Crippen MR) is 85.9 cm³/mol. The van der Waals surface area contributed by atoms with Gasteiger partial charge in [0.25, 0.3) is 5.91 Å². The van der Waals surface area contributed by atoms with Crippen molar-refractivity contribution in [2.24, 2.45) is 5.41 Å². The summed E-state index contributed by atoms with van der Waals surface area (Å²) in [5, 5.41) is 0.644. The quantitative estimate of drug-likeness (QED) is 0.798. The van der Waals surface area contributed by atoms with Crippen molar-refractivity contribution in [1.82, 2.24) is 9.80 Å². The van der Waals surface area contributed by atoms with E-state index in [1.165, 1.54) is 0 Å². The highest BCUT2D eigenvalue weighted by Gasteiger charge is 2.42. The van der Waals surface area contributed by atoms with Gasteiger partial charge >= 0.3 is 0 Å². The van der Waals surface area contributed by atoms with Crippen LogP contribution in [0.1, 0.15) is 36.5 Å². The lowest BCUT2D eigenvalue weighted by Crippen LogP contribution is -2.43. The number of rotatable bonds is 1. The average Bonchev–Trinajstić information content (AvgIpc) is 2.91. The van der Waals surface area contributed by atoms with Crippen LogP contribution in [0, 0.1) is 5.41 Å². The molecule has 0 unspecified atom stereocenters. The third-order valence-corrected chi connectivity index (χ3v) is 5.34. The van der Waals surface area contributed by atoms with Crippen LogP contribution in [0.25, 0.3) is 0 Å². The summed E-state index contributed by atoms with van der Waals surface area (Å²) in [5.74, 6) is 0.240. The van der Waals surface area contributed by atoms with E-state index in [4.69, 9.17) is 11.6 Å². The molecule has 4 nitrogen and oxygen atoms in total. The van der Waals surface area contributed by atoms with E-state index in [9.17, 15) is 9.59 Å². The summed E-state index contributed by atoms with van der Waals surface area (Å²) in [6.07, 6.45) is 3.03. The van der Waals surface area contributed by atoms with Gasteiger partial charge in [0.05, 0.1) is 0 Å². The van der Waals surface area contributed by atoms with E-state index in [1.54, 1.807) is 31.2 Å². The van der Waals surface area contributed by atoms with Crippen molar-refractivity contribution in [3.05, 3.63) is 34.9 Å². The second kappa shape index (κ2) is 5.92. The zero-order valence-corrected chi connectivity index (χ0v) is 13.6. The van der Waals surface area contributed by atoms with Crippen LogP contribution in [0.4, 0.5) is 0 Å². The molecule has 118 valence electrons. The third kappa shape index (κ3) is 2.98. The van der Waals surface area contributed by atoms with E-state index in [2.05, 4.69) is 0 Å². The van der Waals surface area contributed by atoms with E-state index < -0.39 is 0 Å². The Hall–Kier alpha value is -1.55. The number of likely N-dealkylation sites (tertiary alicyclic amines) is 2. The van der Waals surface area contributed by atoms with Gasteiger partial charge in [0.15, 0.2) is 0 Å². The highest BCUT2D eigenvalue weighted by Crippen LogP contribution is 2.40. The van der Waals surface area contributed by atoms with Crippen LogP contribution in [0.3, 0.4) is 0 Å². The number of nitrogens with zero attached hydrogens (tertiary/aromatic N) is 2. The molecule has 2 amide bonds. The summed E-state index contributed by atoms with van der Waals surface area (Å²) in [7, 11) is 0. The summed E-state index contributed by atoms with van der Waals surface area (Å²) in [4.78, 5) is 27.9. The number of piperidine rings is 1. The molecule has 0 bridgehead atoms. The molecule has 5 heteroatoms. The van der Waals surface area contributed by atoms with Crippen LogP contribution in [0.2, 0.25) is 5.02 Å². The molecule has 22 heavy (non-hydrogen) atoms. The molecule has 1 aromatic rings. The third-order valence-electron chi connectivity index (χ3n) is 5.09. The Morgan fingerprint density at radius 1 is 1.00 bits per heavy atom. The summed E-state index contributed by atoms with van der Waals surface area (Å²) in [5.41, 5.74) is 0.899. The molecule has 2 fully saturated rings. The van der Waals surface area contributed by atoms with Gasteiger partial charge in [0.2, 0.25) is 5.91 Å². The molecule has 0 aliphatic carbocycles. The second-order valence-electron chi connectivity index (χ2n) is 6.49. The van der Waals surface area contributed by atoms with Crippen molar-refractivity contribution in [1.29, 1.82) is 0 Å². The Balaban J connectivity index is 1.64. The van der Waals surface area contributed by atoms with E-state index in [1.807, 2.05) is 9.80 Å². The van der Waals surface area contributed by atoms with Crippen molar-refractivity contribution in [3.63, 3.8) is 0 Å². The second-order valence-corrected chi connectivity index (χ2v) is 6.93. The number of amides is 2. The first kappa shape index (κ1) is 15.3. The Labute approximate surface area is 136 Å². The monoisotopic (exact) mass is 320 g/mol. The van der Waals surface area contributed by atoms with E-state index in [0.717, 1.165) is 45.4 Å². The molecular formula is C17H21ClN2O2. The molecule has 2 aliphatic heterocycles. The minimum absolute atomic E-state index is 0.0857. The summed E-state index contributed by atoms with van der Waals surface area (Å²) in [6, 6.07) is 7.08. The molecule has 3 rings (SSSR count). The van der Waals surface area contributed by atoms with E-state index in [0.29, 0.717) is 10.6 Å². The molecule has 2 saturated heterocycles. The lowest BCUT2D eigenvalue weighted by atomic mass is 9.78. The Kier molecular flexibility index (Phi) is 4.13. The van der Waals surface area contributed by atoms with Gasteiger partial charge in [-0.25, -0.2) is 0 Å². The summed E-state index contributed by atoms with van der Waals surface area (Å²) >= 11 is 5.87. The van der Waals surface area contributed by atoms with Crippen molar-refractivity contribution >= 4 is 23.4 Å². The fourth-order valence-corrected chi connectivity index (χ4v) is 3.71. The fourth-order valence-electron chi connectivity index (χ4n) is 3.59. The Morgan fingerprint density at radius 3 is 2.09 bits per heavy atom. The van der Waals surface area contributed by atoms with Gasteiger partial charge in [-0.1, -0.05) is 11.6 Å². The molecule has 0 N–H and O–H groups in total. The number of hydrogen-bond acceptors (Lipinski definition) is 2. The number of carbonyl (C=O) groups is 2. The van der Waals surface area contributed by atoms with Crippen molar-refractivity contribution < 1.29 is 9.59 Å².